The average molecular weight is 353 g/mol. The Balaban J connectivity index is 2.49. The molecule has 23 heavy (non-hydrogen) atoms. The van der Waals surface area contributed by atoms with Crippen LogP contribution in [0, 0.1) is 0 Å². The maximum absolute atomic E-state index is 11.3. The van der Waals surface area contributed by atoms with Gasteiger partial charge in [0.25, 0.3) is 0 Å². The molecule has 1 rings (SSSR count). The lowest BCUT2D eigenvalue weighted by molar-refractivity contribution is -0.120. The third-order valence-electron chi connectivity index (χ3n) is 3.06. The van der Waals surface area contributed by atoms with Crippen molar-refractivity contribution in [2.45, 2.75) is 28.7 Å². The fraction of sp³-hybridized carbons (Fsp3) is 0.429. The van der Waals surface area contributed by atoms with Gasteiger partial charge >= 0.3 is 0 Å². The summed E-state index contributed by atoms with van der Waals surface area (Å²) < 4.78 is 0. The van der Waals surface area contributed by atoms with Crippen molar-refractivity contribution in [2.75, 3.05) is 18.6 Å². The van der Waals surface area contributed by atoms with Crippen molar-refractivity contribution in [2.24, 2.45) is 11.5 Å². The van der Waals surface area contributed by atoms with E-state index >= 15 is 0 Å². The molecular weight excluding hydrogens is 331 g/mol. The first kappa shape index (κ1) is 19.9. The van der Waals surface area contributed by atoms with Gasteiger partial charge in [-0.15, -0.1) is 23.5 Å². The monoisotopic (exact) mass is 353 g/mol. The van der Waals surface area contributed by atoms with E-state index in [-0.39, 0.29) is 23.9 Å². The molecule has 2 amide bonds. The zero-order chi connectivity index (χ0) is 17.2. The van der Waals surface area contributed by atoms with Gasteiger partial charge in [-0.1, -0.05) is 6.82 Å². The molecule has 125 valence electrons. The Hall–Kier alpha value is -1.16. The lowest BCUT2D eigenvalue weighted by atomic mass is 9.98. The van der Waals surface area contributed by atoms with Gasteiger partial charge in [0.2, 0.25) is 19.2 Å². The van der Waals surface area contributed by atoms with E-state index in [1.165, 1.54) is 0 Å². The first-order chi connectivity index (χ1) is 11.0. The second kappa shape index (κ2) is 10.6. The predicted molar refractivity (Wildman–Crippen MR) is 97.7 cm³/mol. The number of benzene rings is 1. The van der Waals surface area contributed by atoms with Crippen molar-refractivity contribution in [3.63, 3.8) is 0 Å². The SMILES string of the molecule is C[B]NC(CSc1ccc(SCC(NC)C(N)=O)cc1)C(N)=O. The van der Waals surface area contributed by atoms with Gasteiger partial charge in [-0.2, -0.15) is 0 Å². The fourth-order valence-electron chi connectivity index (χ4n) is 1.71. The minimum atomic E-state index is -0.383. The molecule has 0 aliphatic heterocycles. The Morgan fingerprint density at radius 3 is 1.83 bits per heavy atom. The number of carbonyl (C=O) groups is 2. The second-order valence-electron chi connectivity index (χ2n) is 4.75. The normalized spacial score (nSPS) is 13.3. The van der Waals surface area contributed by atoms with E-state index in [9.17, 15) is 9.59 Å². The largest absolute Gasteiger partial charge is 0.368 e. The zero-order valence-electron chi connectivity index (χ0n) is 13.2. The molecule has 0 aliphatic rings. The molecule has 2 unspecified atom stereocenters. The first-order valence-corrected chi connectivity index (χ1v) is 9.10. The summed E-state index contributed by atoms with van der Waals surface area (Å²) in [5.41, 5.74) is 10.6. The highest BCUT2D eigenvalue weighted by Gasteiger charge is 2.14. The molecule has 0 aromatic heterocycles. The molecule has 0 saturated heterocycles. The Morgan fingerprint density at radius 1 is 1.04 bits per heavy atom. The molecule has 1 radical (unpaired) electrons. The summed E-state index contributed by atoms with van der Waals surface area (Å²) >= 11 is 3.12. The molecule has 0 spiro atoms. The fourth-order valence-corrected chi connectivity index (χ4v) is 3.68. The molecule has 9 heteroatoms. The van der Waals surface area contributed by atoms with Gasteiger partial charge in [-0.3, -0.25) is 9.59 Å². The first-order valence-electron chi connectivity index (χ1n) is 7.13. The highest BCUT2D eigenvalue weighted by Crippen LogP contribution is 2.24. The van der Waals surface area contributed by atoms with Crippen LogP contribution in [0.15, 0.2) is 34.1 Å². The number of likely N-dealkylation sites (N-methyl/N-ethyl adjacent to an activating group) is 1. The second-order valence-corrected chi connectivity index (χ2v) is 6.93. The number of nitrogens with two attached hydrogens (primary N) is 2. The van der Waals surface area contributed by atoms with E-state index in [4.69, 9.17) is 11.5 Å². The number of hydrogen-bond donors (Lipinski definition) is 4. The third-order valence-corrected chi connectivity index (χ3v) is 5.27. The molecule has 2 atom stereocenters. The van der Waals surface area contributed by atoms with Crippen LogP contribution in [0.3, 0.4) is 0 Å². The average Bonchev–Trinajstić information content (AvgIpc) is 2.52. The highest BCUT2D eigenvalue weighted by atomic mass is 32.2. The van der Waals surface area contributed by atoms with Crippen LogP contribution >= 0.6 is 23.5 Å². The van der Waals surface area contributed by atoms with Crippen LogP contribution in [0.1, 0.15) is 0 Å². The maximum Gasteiger partial charge on any atom is 0.235 e. The van der Waals surface area contributed by atoms with Crippen LogP contribution in [0.4, 0.5) is 0 Å². The smallest absolute Gasteiger partial charge is 0.235 e. The van der Waals surface area contributed by atoms with Crippen molar-refractivity contribution in [1.29, 1.82) is 0 Å². The minimum absolute atomic E-state index is 0.346. The summed E-state index contributed by atoms with van der Waals surface area (Å²) in [6.45, 7) is 1.82. The van der Waals surface area contributed by atoms with Crippen LogP contribution in [0.2, 0.25) is 6.82 Å². The summed E-state index contributed by atoms with van der Waals surface area (Å²) in [7, 11) is 3.43. The van der Waals surface area contributed by atoms with Crippen molar-refractivity contribution < 1.29 is 9.59 Å². The van der Waals surface area contributed by atoms with E-state index in [0.717, 1.165) is 9.79 Å². The molecular formula is C14H22BN4O2S2. The van der Waals surface area contributed by atoms with E-state index in [2.05, 4.69) is 10.5 Å². The van der Waals surface area contributed by atoms with Gasteiger partial charge in [0.1, 0.15) is 0 Å². The number of nitrogens with one attached hydrogen (secondary N) is 2. The molecule has 6 nitrogen and oxygen atoms in total. The topological polar surface area (TPSA) is 110 Å². The van der Waals surface area contributed by atoms with Gasteiger partial charge in [-0.05, 0) is 31.3 Å². The summed E-state index contributed by atoms with van der Waals surface area (Å²) in [6.07, 6.45) is 0. The molecule has 6 N–H and O–H groups in total. The van der Waals surface area contributed by atoms with Gasteiger partial charge in [0, 0.05) is 21.3 Å². The molecule has 0 saturated carbocycles. The van der Waals surface area contributed by atoms with Crippen LogP contribution in [-0.4, -0.2) is 49.9 Å². The number of thioether (sulfide) groups is 2. The van der Waals surface area contributed by atoms with E-state index in [0.29, 0.717) is 11.5 Å². The lowest BCUT2D eigenvalue weighted by Gasteiger charge is -2.14. The van der Waals surface area contributed by atoms with Crippen molar-refractivity contribution in [3.05, 3.63) is 24.3 Å². The Morgan fingerprint density at radius 2 is 1.48 bits per heavy atom. The number of carbonyl (C=O) groups excluding carboxylic acids is 2. The Kier molecular flexibility index (Phi) is 9.16. The summed E-state index contributed by atoms with van der Waals surface area (Å²) in [5, 5.41) is 5.82. The molecule has 1 aromatic rings. The Labute approximate surface area is 146 Å². The third kappa shape index (κ3) is 7.30. The van der Waals surface area contributed by atoms with E-state index < -0.39 is 0 Å². The van der Waals surface area contributed by atoms with Crippen LogP contribution in [-0.2, 0) is 9.59 Å². The number of amides is 2. The minimum Gasteiger partial charge on any atom is -0.368 e. The van der Waals surface area contributed by atoms with Gasteiger partial charge in [0.05, 0.1) is 12.1 Å². The standard InChI is InChI=1S/C14H22BN4O2S2/c1-15-19-12(14(17)21)8-23-10-5-3-9(4-6-10)22-7-11(18-2)13(16)20/h3-6,11-12,18-19H,7-8H2,1-2H3,(H2,16,20)(H2,17,21). The molecule has 0 bridgehead atoms. The predicted octanol–water partition coefficient (Wildman–Crippen LogP) is 0.0549. The maximum atomic E-state index is 11.3. The number of rotatable bonds is 11. The van der Waals surface area contributed by atoms with Crippen molar-refractivity contribution in [1.82, 2.24) is 10.5 Å². The van der Waals surface area contributed by atoms with Crippen molar-refractivity contribution in [3.8, 4) is 0 Å². The van der Waals surface area contributed by atoms with Crippen LogP contribution in [0.5, 0.6) is 0 Å². The van der Waals surface area contributed by atoms with E-state index in [1.54, 1.807) is 38.0 Å². The molecule has 1 aromatic carbocycles. The van der Waals surface area contributed by atoms with Gasteiger partial charge in [0.15, 0.2) is 0 Å². The number of primary amides is 2. The zero-order valence-corrected chi connectivity index (χ0v) is 14.9. The van der Waals surface area contributed by atoms with Gasteiger partial charge < -0.3 is 22.0 Å². The van der Waals surface area contributed by atoms with E-state index in [1.807, 2.05) is 31.1 Å². The van der Waals surface area contributed by atoms with Gasteiger partial charge in [-0.25, -0.2) is 0 Å². The number of hydrogen-bond acceptors (Lipinski definition) is 6. The lowest BCUT2D eigenvalue weighted by Crippen LogP contribution is -2.44. The highest BCUT2D eigenvalue weighted by molar-refractivity contribution is 7.99. The summed E-state index contributed by atoms with van der Waals surface area (Å²) in [6, 6.07) is 7.21. The van der Waals surface area contributed by atoms with Crippen molar-refractivity contribution >= 4 is 42.8 Å². The molecule has 0 heterocycles. The van der Waals surface area contributed by atoms with Crippen LogP contribution in [0.25, 0.3) is 0 Å². The molecule has 0 aliphatic carbocycles. The molecule has 0 fully saturated rings. The Bertz CT molecular complexity index is 516. The summed E-state index contributed by atoms with van der Waals surface area (Å²) in [5.74, 6) is 0.422. The quantitative estimate of drug-likeness (QED) is 0.331. The summed E-state index contributed by atoms with van der Waals surface area (Å²) in [4.78, 5) is 24.5. The van der Waals surface area contributed by atoms with Crippen LogP contribution < -0.4 is 22.0 Å².